The molecule has 1 aliphatic rings. The third kappa shape index (κ3) is 4.64. The van der Waals surface area contributed by atoms with Crippen molar-refractivity contribution < 1.29 is 12.6 Å². The van der Waals surface area contributed by atoms with Gasteiger partial charge in [-0.1, -0.05) is 19.3 Å². The van der Waals surface area contributed by atoms with Gasteiger partial charge in [-0.05, 0) is 25.5 Å². The molecule has 92 valence electrons. The zero-order chi connectivity index (χ0) is 11.3. The van der Waals surface area contributed by atoms with E-state index in [2.05, 4.69) is 0 Å². The Balaban J connectivity index is 2.39. The second kappa shape index (κ2) is 5.99. The molecule has 0 aromatic carbocycles. The lowest BCUT2D eigenvalue weighted by Gasteiger charge is -2.32. The van der Waals surface area contributed by atoms with E-state index in [1.54, 1.807) is 0 Å². The molecule has 0 spiro atoms. The molecule has 5 heteroatoms. The number of thiol groups is 2. The van der Waals surface area contributed by atoms with Crippen molar-refractivity contribution in [2.75, 3.05) is 17.8 Å². The molecule has 0 amide bonds. The van der Waals surface area contributed by atoms with E-state index in [-0.39, 0.29) is 5.75 Å². The molecular formula is C10H22O3S2. The van der Waals surface area contributed by atoms with Crippen LogP contribution in [0.3, 0.4) is 0 Å². The fraction of sp³-hybridized carbons (Fsp3) is 1.00. The minimum Gasteiger partial charge on any atom is -0.285 e. The Morgan fingerprint density at radius 2 is 1.80 bits per heavy atom. The molecule has 3 nitrogen and oxygen atoms in total. The van der Waals surface area contributed by atoms with Crippen LogP contribution in [0.15, 0.2) is 0 Å². The first kappa shape index (κ1) is 13.2. The van der Waals surface area contributed by atoms with Gasteiger partial charge in [-0.2, -0.15) is 0 Å². The quantitative estimate of drug-likeness (QED) is 0.719. The van der Waals surface area contributed by atoms with Crippen LogP contribution in [0.1, 0.15) is 38.5 Å². The maximum Gasteiger partial charge on any atom is 0.140 e. The molecule has 0 heterocycles. The van der Waals surface area contributed by atoms with Crippen molar-refractivity contribution in [2.24, 2.45) is 0 Å². The first-order valence-electron chi connectivity index (χ1n) is 5.70. The monoisotopic (exact) mass is 254 g/mol. The highest BCUT2D eigenvalue weighted by molar-refractivity contribution is 8.02. The van der Waals surface area contributed by atoms with E-state index < -0.39 is 20.6 Å². The van der Waals surface area contributed by atoms with Gasteiger partial charge in [-0.25, -0.2) is 8.42 Å². The summed E-state index contributed by atoms with van der Waals surface area (Å²) in [5.74, 6) is 0.806. The lowest BCUT2D eigenvalue weighted by Crippen LogP contribution is -2.32. The molecule has 1 aliphatic carbocycles. The summed E-state index contributed by atoms with van der Waals surface area (Å²) in [7, 11) is -4.38. The summed E-state index contributed by atoms with van der Waals surface area (Å²) >= 11 is 0. The Kier molecular flexibility index (Phi) is 5.26. The molecule has 0 atom stereocenters. The Hall–Kier alpha value is 0.1000. The second-order valence-corrected chi connectivity index (χ2v) is 9.24. The highest BCUT2D eigenvalue weighted by Gasteiger charge is 2.24. The average molecular weight is 254 g/mol. The van der Waals surface area contributed by atoms with Crippen LogP contribution >= 0.6 is 0 Å². The van der Waals surface area contributed by atoms with Gasteiger partial charge in [0.25, 0.3) is 0 Å². The van der Waals surface area contributed by atoms with Crippen LogP contribution in [0.25, 0.3) is 0 Å². The molecule has 0 bridgehead atoms. The van der Waals surface area contributed by atoms with Crippen LogP contribution < -0.4 is 0 Å². The summed E-state index contributed by atoms with van der Waals surface area (Å²) < 4.78 is 33.2. The Labute approximate surface area is 95.0 Å². The molecular weight excluding hydrogens is 232 g/mol. The standard InChI is InChI=1S/C10H22O3S2/c1-15(13,9-5-8-14(11)12)10-6-3-2-4-7-10/h10,14-15H,2-9H2,1H3. The van der Waals surface area contributed by atoms with Crippen molar-refractivity contribution in [1.29, 1.82) is 0 Å². The van der Waals surface area contributed by atoms with E-state index in [0.29, 0.717) is 17.4 Å². The van der Waals surface area contributed by atoms with Crippen LogP contribution in [0.4, 0.5) is 0 Å². The summed E-state index contributed by atoms with van der Waals surface area (Å²) in [6.45, 7) is 0. The van der Waals surface area contributed by atoms with Crippen molar-refractivity contribution in [1.82, 2.24) is 0 Å². The molecule has 0 radical (unpaired) electrons. The highest BCUT2D eigenvalue weighted by atomic mass is 32.2. The van der Waals surface area contributed by atoms with E-state index in [1.165, 1.54) is 19.3 Å². The third-order valence-corrected chi connectivity index (χ3v) is 7.24. The molecule has 0 aromatic rings. The van der Waals surface area contributed by atoms with E-state index in [9.17, 15) is 12.6 Å². The van der Waals surface area contributed by atoms with Crippen molar-refractivity contribution >= 4 is 20.6 Å². The van der Waals surface area contributed by atoms with Gasteiger partial charge in [-0.15, -0.1) is 9.93 Å². The zero-order valence-electron chi connectivity index (χ0n) is 9.35. The third-order valence-electron chi connectivity index (χ3n) is 3.29. The van der Waals surface area contributed by atoms with Crippen LogP contribution in [-0.2, 0) is 20.6 Å². The first-order chi connectivity index (χ1) is 7.02. The van der Waals surface area contributed by atoms with Gasteiger partial charge in [0.1, 0.15) is 10.7 Å². The molecule has 15 heavy (non-hydrogen) atoms. The van der Waals surface area contributed by atoms with Gasteiger partial charge in [0.15, 0.2) is 0 Å². The molecule has 1 fully saturated rings. The van der Waals surface area contributed by atoms with Crippen LogP contribution in [0.2, 0.25) is 0 Å². The van der Waals surface area contributed by atoms with Crippen molar-refractivity contribution in [3.63, 3.8) is 0 Å². The molecule has 0 unspecified atom stereocenters. The van der Waals surface area contributed by atoms with E-state index >= 15 is 0 Å². The van der Waals surface area contributed by atoms with Gasteiger partial charge >= 0.3 is 0 Å². The molecule has 1 saturated carbocycles. The Morgan fingerprint density at radius 1 is 1.20 bits per heavy atom. The number of hydrogen-bond acceptors (Lipinski definition) is 3. The van der Waals surface area contributed by atoms with Gasteiger partial charge in [0.2, 0.25) is 0 Å². The average Bonchev–Trinajstić information content (AvgIpc) is 2.18. The lowest BCUT2D eigenvalue weighted by molar-refractivity contribution is 0.500. The summed E-state index contributed by atoms with van der Waals surface area (Å²) in [6, 6.07) is 0. The van der Waals surface area contributed by atoms with E-state index in [0.717, 1.165) is 12.8 Å². The lowest BCUT2D eigenvalue weighted by atomic mass is 10.0. The number of rotatable bonds is 5. The van der Waals surface area contributed by atoms with Crippen LogP contribution in [-0.4, -0.2) is 35.6 Å². The topological polar surface area (TPSA) is 51.2 Å². The maximum atomic E-state index is 12.4. The highest BCUT2D eigenvalue weighted by Crippen LogP contribution is 2.27. The smallest absolute Gasteiger partial charge is 0.140 e. The van der Waals surface area contributed by atoms with Gasteiger partial charge < -0.3 is 0 Å². The summed E-state index contributed by atoms with van der Waals surface area (Å²) in [5, 5.41) is 0.371. The predicted octanol–water partition coefficient (Wildman–Crippen LogP) is 0.967. The molecule has 0 N–H and O–H groups in total. The SMILES string of the molecule is C[SH](=O)(CCC[SH](=O)=O)C1CCCCC1. The molecule has 0 aromatic heterocycles. The summed E-state index contributed by atoms with van der Waals surface area (Å²) in [5.41, 5.74) is 0. The predicted molar refractivity (Wildman–Crippen MR) is 67.0 cm³/mol. The van der Waals surface area contributed by atoms with Crippen molar-refractivity contribution in [2.45, 2.75) is 43.8 Å². The normalized spacial score (nSPS) is 20.7. The van der Waals surface area contributed by atoms with Crippen LogP contribution in [0, 0.1) is 0 Å². The van der Waals surface area contributed by atoms with E-state index in [4.69, 9.17) is 0 Å². The number of hydrogen-bond donors (Lipinski definition) is 2. The maximum absolute atomic E-state index is 12.4. The Bertz CT molecular complexity index is 296. The summed E-state index contributed by atoms with van der Waals surface area (Å²) in [6.07, 6.45) is 8.25. The fourth-order valence-electron chi connectivity index (χ4n) is 2.32. The van der Waals surface area contributed by atoms with Gasteiger partial charge in [0.05, 0.1) is 0 Å². The van der Waals surface area contributed by atoms with Gasteiger partial charge in [0, 0.05) is 16.8 Å². The Morgan fingerprint density at radius 3 is 2.33 bits per heavy atom. The van der Waals surface area contributed by atoms with Crippen LogP contribution in [0.5, 0.6) is 0 Å². The summed E-state index contributed by atoms with van der Waals surface area (Å²) in [4.78, 5) is 0. The van der Waals surface area contributed by atoms with Crippen molar-refractivity contribution in [3.8, 4) is 0 Å². The molecule has 0 saturated heterocycles. The van der Waals surface area contributed by atoms with E-state index in [1.807, 2.05) is 6.26 Å². The first-order valence-corrected chi connectivity index (χ1v) is 9.47. The zero-order valence-corrected chi connectivity index (χ0v) is 11.1. The fourth-order valence-corrected chi connectivity index (χ4v) is 5.60. The minimum absolute atomic E-state index is 0.194. The van der Waals surface area contributed by atoms with Crippen molar-refractivity contribution in [3.05, 3.63) is 0 Å². The largest absolute Gasteiger partial charge is 0.285 e. The van der Waals surface area contributed by atoms with Gasteiger partial charge in [-0.3, -0.25) is 4.21 Å². The molecule has 1 rings (SSSR count). The second-order valence-electron chi connectivity index (χ2n) is 4.60. The molecule has 0 aliphatic heterocycles. The minimum atomic E-state index is -2.29.